The molecule has 0 aliphatic heterocycles. The molecule has 0 atom stereocenters. The lowest BCUT2D eigenvalue weighted by atomic mass is 10.2. The van der Waals surface area contributed by atoms with Crippen molar-refractivity contribution >= 4 is 35.1 Å². The van der Waals surface area contributed by atoms with E-state index in [0.29, 0.717) is 28.0 Å². The number of benzene rings is 1. The monoisotopic (exact) mass is 428 g/mol. The van der Waals surface area contributed by atoms with Crippen LogP contribution < -0.4 is 5.32 Å². The number of pyridine rings is 1. The van der Waals surface area contributed by atoms with E-state index in [9.17, 15) is 14.4 Å². The predicted octanol–water partition coefficient (Wildman–Crippen LogP) is 4.94. The Hall–Kier alpha value is -2.82. The van der Waals surface area contributed by atoms with Crippen molar-refractivity contribution in [1.82, 2.24) is 9.55 Å². The Morgan fingerprint density at radius 3 is 2.69 bits per heavy atom. The van der Waals surface area contributed by atoms with Crippen LogP contribution in [0.3, 0.4) is 0 Å². The molecule has 3 rings (SSSR count). The number of aromatic nitrogens is 2. The lowest BCUT2D eigenvalue weighted by Crippen LogP contribution is -2.18. The van der Waals surface area contributed by atoms with Crippen molar-refractivity contribution in [2.45, 2.75) is 25.4 Å². The molecule has 0 saturated heterocycles. The van der Waals surface area contributed by atoms with Crippen LogP contribution in [0.1, 0.15) is 22.4 Å². The van der Waals surface area contributed by atoms with Gasteiger partial charge in [0.1, 0.15) is 22.7 Å². The van der Waals surface area contributed by atoms with Crippen LogP contribution in [0.15, 0.2) is 47.6 Å². The molecule has 148 valence electrons. The minimum Gasteiger partial charge on any atom is -0.326 e. The summed E-state index contributed by atoms with van der Waals surface area (Å²) in [4.78, 5) is 16.7. The van der Waals surface area contributed by atoms with Crippen LogP contribution >= 0.6 is 23.4 Å². The maximum absolute atomic E-state index is 13.2. The first-order chi connectivity index (χ1) is 13.9. The molecule has 0 radical (unpaired) electrons. The maximum Gasteiger partial charge on any atom is 0.235 e. The Morgan fingerprint density at radius 1 is 1.31 bits per heavy atom. The molecule has 0 bridgehead atoms. The Balaban J connectivity index is 1.82. The number of carbonyl (C=O) groups is 1. The summed E-state index contributed by atoms with van der Waals surface area (Å²) in [7, 11) is 0. The Labute approximate surface area is 177 Å². The van der Waals surface area contributed by atoms with Crippen molar-refractivity contribution in [3.63, 3.8) is 0 Å². The summed E-state index contributed by atoms with van der Waals surface area (Å²) in [6, 6.07) is 11.7. The van der Waals surface area contributed by atoms with E-state index in [-0.39, 0.29) is 17.5 Å². The van der Waals surface area contributed by atoms with Crippen molar-refractivity contribution in [3.05, 3.63) is 75.8 Å². The summed E-state index contributed by atoms with van der Waals surface area (Å²) in [5.74, 6) is -0.0530. The number of amides is 1. The van der Waals surface area contributed by atoms with Gasteiger partial charge in [0.15, 0.2) is 0 Å². The van der Waals surface area contributed by atoms with Crippen molar-refractivity contribution in [2.75, 3.05) is 11.1 Å². The molecule has 0 aliphatic carbocycles. The molecule has 0 unspecified atom stereocenters. The van der Waals surface area contributed by atoms with Crippen LogP contribution in [0.5, 0.6) is 0 Å². The van der Waals surface area contributed by atoms with Gasteiger partial charge in [-0.25, -0.2) is 9.37 Å². The number of nitrogens with one attached hydrogen (secondary N) is 1. The van der Waals surface area contributed by atoms with Gasteiger partial charge in [-0.3, -0.25) is 4.79 Å². The number of carbonyl (C=O) groups excluding carboxylic acids is 1. The third kappa shape index (κ3) is 4.78. The fourth-order valence-electron chi connectivity index (χ4n) is 2.88. The first kappa shape index (κ1) is 20.9. The molecule has 0 fully saturated rings. The summed E-state index contributed by atoms with van der Waals surface area (Å²) in [6.45, 7) is 4.13. The van der Waals surface area contributed by atoms with E-state index in [1.165, 1.54) is 23.9 Å². The highest BCUT2D eigenvalue weighted by atomic mass is 35.5. The van der Waals surface area contributed by atoms with E-state index in [1.807, 2.05) is 18.4 Å². The van der Waals surface area contributed by atoms with E-state index in [4.69, 9.17) is 11.6 Å². The van der Waals surface area contributed by atoms with Crippen LogP contribution in [0.4, 0.5) is 10.2 Å². The van der Waals surface area contributed by atoms with Crippen molar-refractivity contribution < 1.29 is 9.18 Å². The van der Waals surface area contributed by atoms with Crippen LogP contribution in [-0.4, -0.2) is 21.2 Å². The van der Waals surface area contributed by atoms with Gasteiger partial charge >= 0.3 is 0 Å². The van der Waals surface area contributed by atoms with E-state index >= 15 is 0 Å². The molecule has 2 heterocycles. The first-order valence-corrected chi connectivity index (χ1v) is 10.1. The Morgan fingerprint density at radius 2 is 2.03 bits per heavy atom. The third-order valence-corrected chi connectivity index (χ3v) is 5.94. The topological polar surface area (TPSA) is 70.7 Å². The molecule has 0 aliphatic rings. The zero-order valence-electron chi connectivity index (χ0n) is 15.9. The highest BCUT2D eigenvalue weighted by Gasteiger charge is 2.20. The molecule has 0 spiro atoms. The number of hydrogen-bond donors (Lipinski definition) is 1. The van der Waals surface area contributed by atoms with Gasteiger partial charge in [0.05, 0.1) is 16.3 Å². The highest BCUT2D eigenvalue weighted by molar-refractivity contribution is 8.00. The second-order valence-corrected chi connectivity index (χ2v) is 7.76. The zero-order chi connectivity index (χ0) is 21.0. The van der Waals surface area contributed by atoms with Gasteiger partial charge in [-0.05, 0) is 49.2 Å². The van der Waals surface area contributed by atoms with Gasteiger partial charge in [-0.15, -0.1) is 0 Å². The highest BCUT2D eigenvalue weighted by Crippen LogP contribution is 2.28. The lowest BCUT2D eigenvalue weighted by molar-refractivity contribution is -0.113. The Kier molecular flexibility index (Phi) is 6.57. The SMILES string of the molecule is Cc1c(C#N)c(NC(=O)CSc2ncccc2Cl)n(Cc2ccc(F)cc2)c1C. The fraction of sp³-hybridized carbons (Fsp3) is 0.190. The van der Waals surface area contributed by atoms with E-state index in [1.54, 1.807) is 30.5 Å². The van der Waals surface area contributed by atoms with Crippen LogP contribution in [0, 0.1) is 31.0 Å². The summed E-state index contributed by atoms with van der Waals surface area (Å²) in [5, 5.41) is 13.5. The van der Waals surface area contributed by atoms with E-state index < -0.39 is 0 Å². The Bertz CT molecular complexity index is 1090. The number of thioether (sulfide) groups is 1. The summed E-state index contributed by atoms with van der Waals surface area (Å²) >= 11 is 7.30. The van der Waals surface area contributed by atoms with Gasteiger partial charge in [0.25, 0.3) is 0 Å². The molecule has 2 aromatic heterocycles. The molecule has 8 heteroatoms. The summed E-state index contributed by atoms with van der Waals surface area (Å²) in [5.41, 5.74) is 2.94. The number of nitriles is 1. The first-order valence-electron chi connectivity index (χ1n) is 8.78. The zero-order valence-corrected chi connectivity index (χ0v) is 17.4. The van der Waals surface area contributed by atoms with Gasteiger partial charge in [0.2, 0.25) is 5.91 Å². The molecule has 3 aromatic rings. The normalized spacial score (nSPS) is 10.6. The van der Waals surface area contributed by atoms with E-state index in [0.717, 1.165) is 16.8 Å². The molecular formula is C21H18ClFN4OS. The quantitative estimate of drug-likeness (QED) is 0.564. The third-order valence-electron chi connectivity index (χ3n) is 4.52. The van der Waals surface area contributed by atoms with Gasteiger partial charge < -0.3 is 9.88 Å². The molecular weight excluding hydrogens is 411 g/mol. The second-order valence-electron chi connectivity index (χ2n) is 6.39. The van der Waals surface area contributed by atoms with Crippen molar-refractivity contribution in [1.29, 1.82) is 5.26 Å². The standard InChI is InChI=1S/C21H18ClFN4OS/c1-13-14(2)27(11-15-5-7-16(23)8-6-15)20(17(13)10-24)26-19(28)12-29-21-18(22)4-3-9-25-21/h3-9H,11-12H2,1-2H3,(H,26,28). The van der Waals surface area contributed by atoms with E-state index in [2.05, 4.69) is 16.4 Å². The number of hydrogen-bond acceptors (Lipinski definition) is 4. The number of rotatable bonds is 6. The summed E-state index contributed by atoms with van der Waals surface area (Å²) in [6.07, 6.45) is 1.61. The molecule has 29 heavy (non-hydrogen) atoms. The molecule has 1 N–H and O–H groups in total. The number of anilines is 1. The smallest absolute Gasteiger partial charge is 0.235 e. The van der Waals surface area contributed by atoms with Crippen molar-refractivity contribution in [3.8, 4) is 6.07 Å². The largest absolute Gasteiger partial charge is 0.326 e. The fourth-order valence-corrected chi connectivity index (χ4v) is 3.85. The van der Waals surface area contributed by atoms with Crippen LogP contribution in [0.25, 0.3) is 0 Å². The average Bonchev–Trinajstić information content (AvgIpc) is 2.93. The number of halogens is 2. The summed E-state index contributed by atoms with van der Waals surface area (Å²) < 4.78 is 15.1. The number of nitrogens with zero attached hydrogens (tertiary/aromatic N) is 3. The minimum atomic E-state index is -0.314. The average molecular weight is 429 g/mol. The molecule has 0 saturated carbocycles. The van der Waals surface area contributed by atoms with Crippen LogP contribution in [-0.2, 0) is 11.3 Å². The lowest BCUT2D eigenvalue weighted by Gasteiger charge is -2.13. The van der Waals surface area contributed by atoms with Gasteiger partial charge in [-0.1, -0.05) is 35.5 Å². The minimum absolute atomic E-state index is 0.0986. The van der Waals surface area contributed by atoms with Gasteiger partial charge in [0, 0.05) is 18.4 Å². The van der Waals surface area contributed by atoms with Crippen LogP contribution in [0.2, 0.25) is 5.02 Å². The second kappa shape index (κ2) is 9.12. The van der Waals surface area contributed by atoms with Gasteiger partial charge in [-0.2, -0.15) is 5.26 Å². The molecule has 1 aromatic carbocycles. The molecule has 1 amide bonds. The predicted molar refractivity (Wildman–Crippen MR) is 113 cm³/mol. The molecule has 5 nitrogen and oxygen atoms in total. The maximum atomic E-state index is 13.2. The van der Waals surface area contributed by atoms with Crippen molar-refractivity contribution in [2.24, 2.45) is 0 Å².